The molecule has 0 aliphatic rings. The van der Waals surface area contributed by atoms with E-state index in [0.717, 1.165) is 7.11 Å². The summed E-state index contributed by atoms with van der Waals surface area (Å²) in [6.45, 7) is 2.09. The molecule has 1 atom stereocenters. The normalized spacial score (nSPS) is 11.6. The average molecular weight is 190 g/mol. The van der Waals surface area contributed by atoms with Gasteiger partial charge in [0.25, 0.3) is 0 Å². The molecule has 76 valence electrons. The maximum absolute atomic E-state index is 10.8. The molecule has 13 heavy (non-hydrogen) atoms. The Hall–Kier alpha value is -1.30. The molecular formula is C7H14N2O4. The minimum Gasteiger partial charge on any atom is -0.467 e. The smallest absolute Gasteiger partial charge is 0.336 e. The van der Waals surface area contributed by atoms with Crippen molar-refractivity contribution in [2.45, 2.75) is 13.0 Å². The van der Waals surface area contributed by atoms with Crippen LogP contribution >= 0.6 is 0 Å². The fourth-order valence-electron chi connectivity index (χ4n) is 0.632. The van der Waals surface area contributed by atoms with Crippen molar-refractivity contribution in [1.82, 2.24) is 10.6 Å². The molecule has 0 aliphatic heterocycles. The van der Waals surface area contributed by atoms with E-state index in [1.54, 1.807) is 6.92 Å². The number of carbonyl (C=O) groups is 2. The number of hydrogen-bond donors (Lipinski definition) is 3. The van der Waals surface area contributed by atoms with Gasteiger partial charge in [0.05, 0.1) is 13.7 Å². The van der Waals surface area contributed by atoms with E-state index in [1.165, 1.54) is 0 Å². The van der Waals surface area contributed by atoms with E-state index in [2.05, 4.69) is 15.4 Å². The van der Waals surface area contributed by atoms with Crippen LogP contribution < -0.4 is 10.6 Å². The highest BCUT2D eigenvalue weighted by Crippen LogP contribution is 1.84. The van der Waals surface area contributed by atoms with Crippen molar-refractivity contribution in [3.63, 3.8) is 0 Å². The molecule has 0 aromatic rings. The summed E-state index contributed by atoms with van der Waals surface area (Å²) < 4.78 is 4.24. The third kappa shape index (κ3) is 5.02. The third-order valence-corrected chi connectivity index (χ3v) is 1.27. The Labute approximate surface area is 76.3 Å². The highest BCUT2D eigenvalue weighted by Gasteiger charge is 2.15. The van der Waals surface area contributed by atoms with Gasteiger partial charge in [-0.3, -0.25) is 0 Å². The Morgan fingerprint density at radius 3 is 2.54 bits per heavy atom. The number of ether oxygens (including phenoxy) is 1. The van der Waals surface area contributed by atoms with Gasteiger partial charge in [0.1, 0.15) is 0 Å². The lowest BCUT2D eigenvalue weighted by Gasteiger charge is -2.09. The Balaban J connectivity index is 3.63. The fourth-order valence-corrected chi connectivity index (χ4v) is 0.632. The quantitative estimate of drug-likeness (QED) is 0.488. The first kappa shape index (κ1) is 11.7. The molecule has 0 bridgehead atoms. The number of methoxy groups -OCH3 is 1. The molecule has 0 heterocycles. The Morgan fingerprint density at radius 2 is 2.08 bits per heavy atom. The maximum atomic E-state index is 10.8. The largest absolute Gasteiger partial charge is 0.467 e. The third-order valence-electron chi connectivity index (χ3n) is 1.27. The predicted octanol–water partition coefficient (Wildman–Crippen LogP) is -1.16. The zero-order valence-corrected chi connectivity index (χ0v) is 7.66. The minimum atomic E-state index is -1.31. The molecule has 1 unspecified atom stereocenters. The molecule has 0 aromatic heterocycles. The second-order valence-corrected chi connectivity index (χ2v) is 2.28. The van der Waals surface area contributed by atoms with Crippen molar-refractivity contribution >= 4 is 12.0 Å². The van der Waals surface area contributed by atoms with Crippen molar-refractivity contribution in [2.24, 2.45) is 0 Å². The summed E-state index contributed by atoms with van der Waals surface area (Å²) in [5, 5.41) is 13.8. The van der Waals surface area contributed by atoms with Crippen LogP contribution in [0.4, 0.5) is 4.79 Å². The molecule has 6 heteroatoms. The van der Waals surface area contributed by atoms with Crippen molar-refractivity contribution < 1.29 is 19.4 Å². The number of amides is 2. The fraction of sp³-hybridized carbons (Fsp3) is 0.714. The van der Waals surface area contributed by atoms with Crippen molar-refractivity contribution in [3.8, 4) is 0 Å². The number of aliphatic hydroxyl groups excluding tert-OH is 1. The van der Waals surface area contributed by atoms with Crippen molar-refractivity contribution in [2.75, 3.05) is 20.2 Å². The van der Waals surface area contributed by atoms with Gasteiger partial charge in [-0.1, -0.05) is 0 Å². The van der Waals surface area contributed by atoms with Gasteiger partial charge in [-0.05, 0) is 6.92 Å². The predicted molar refractivity (Wildman–Crippen MR) is 45.1 cm³/mol. The molecule has 0 fully saturated rings. The summed E-state index contributed by atoms with van der Waals surface area (Å²) in [6.07, 6.45) is -1.31. The zero-order chi connectivity index (χ0) is 10.3. The molecule has 0 radical (unpaired) electrons. The van der Waals surface area contributed by atoms with Crippen molar-refractivity contribution in [3.05, 3.63) is 0 Å². The summed E-state index contributed by atoms with van der Waals surface area (Å²) in [5.41, 5.74) is 0. The van der Waals surface area contributed by atoms with Crippen LogP contribution in [-0.2, 0) is 9.53 Å². The van der Waals surface area contributed by atoms with Gasteiger partial charge in [0.2, 0.25) is 0 Å². The lowest BCUT2D eigenvalue weighted by atomic mass is 10.3. The topological polar surface area (TPSA) is 87.7 Å². The van der Waals surface area contributed by atoms with Gasteiger partial charge in [0, 0.05) is 6.54 Å². The molecule has 0 saturated heterocycles. The number of carbonyl (C=O) groups excluding carboxylic acids is 2. The van der Waals surface area contributed by atoms with Crippen LogP contribution in [0.2, 0.25) is 0 Å². The second kappa shape index (κ2) is 6.24. The lowest BCUT2D eigenvalue weighted by molar-refractivity contribution is -0.149. The first-order chi connectivity index (χ1) is 6.11. The van der Waals surface area contributed by atoms with E-state index in [0.29, 0.717) is 6.54 Å². The standard InChI is InChI=1S/C7H14N2O4/c1-3-8-7(12)9-4-5(10)6(11)13-2/h5,10H,3-4H2,1-2H3,(H2,8,9,12). The van der Waals surface area contributed by atoms with Gasteiger partial charge >= 0.3 is 12.0 Å². The van der Waals surface area contributed by atoms with Crippen LogP contribution in [0.5, 0.6) is 0 Å². The maximum Gasteiger partial charge on any atom is 0.336 e. The number of hydrogen-bond acceptors (Lipinski definition) is 4. The second-order valence-electron chi connectivity index (χ2n) is 2.28. The number of urea groups is 1. The number of rotatable bonds is 4. The zero-order valence-electron chi connectivity index (χ0n) is 7.66. The van der Waals surface area contributed by atoms with Crippen LogP contribution in [0.1, 0.15) is 6.92 Å². The van der Waals surface area contributed by atoms with Crippen LogP contribution in [0, 0.1) is 0 Å². The Morgan fingerprint density at radius 1 is 1.46 bits per heavy atom. The van der Waals surface area contributed by atoms with Crippen LogP contribution in [0.15, 0.2) is 0 Å². The van der Waals surface area contributed by atoms with Crippen LogP contribution in [-0.4, -0.2) is 43.4 Å². The van der Waals surface area contributed by atoms with Crippen molar-refractivity contribution in [1.29, 1.82) is 0 Å². The van der Waals surface area contributed by atoms with Gasteiger partial charge in [-0.15, -0.1) is 0 Å². The number of esters is 1. The van der Waals surface area contributed by atoms with Gasteiger partial charge in [-0.2, -0.15) is 0 Å². The molecule has 6 nitrogen and oxygen atoms in total. The molecule has 0 aliphatic carbocycles. The van der Waals surface area contributed by atoms with Gasteiger partial charge in [0.15, 0.2) is 6.10 Å². The molecule has 2 amide bonds. The monoisotopic (exact) mass is 190 g/mol. The summed E-state index contributed by atoms with van der Waals surface area (Å²) in [6, 6.07) is -0.426. The highest BCUT2D eigenvalue weighted by molar-refractivity contribution is 5.77. The van der Waals surface area contributed by atoms with E-state index in [1.807, 2.05) is 0 Å². The summed E-state index contributed by atoms with van der Waals surface area (Å²) >= 11 is 0. The van der Waals surface area contributed by atoms with Crippen LogP contribution in [0.3, 0.4) is 0 Å². The summed E-state index contributed by atoms with van der Waals surface area (Å²) in [7, 11) is 1.16. The average Bonchev–Trinajstić information content (AvgIpc) is 2.13. The SMILES string of the molecule is CCNC(=O)NCC(O)C(=O)OC. The molecule has 0 rings (SSSR count). The van der Waals surface area contributed by atoms with Gasteiger partial charge in [-0.25, -0.2) is 9.59 Å². The van der Waals surface area contributed by atoms with E-state index in [-0.39, 0.29) is 6.54 Å². The minimum absolute atomic E-state index is 0.154. The summed E-state index contributed by atoms with van der Waals surface area (Å²) in [4.78, 5) is 21.4. The van der Waals surface area contributed by atoms with Crippen LogP contribution in [0.25, 0.3) is 0 Å². The first-order valence-electron chi connectivity index (χ1n) is 3.89. The summed E-state index contributed by atoms with van der Waals surface area (Å²) in [5.74, 6) is -0.767. The van der Waals surface area contributed by atoms with E-state index in [9.17, 15) is 9.59 Å². The first-order valence-corrected chi connectivity index (χ1v) is 3.89. The van der Waals surface area contributed by atoms with E-state index >= 15 is 0 Å². The molecule has 0 spiro atoms. The highest BCUT2D eigenvalue weighted by atomic mass is 16.5. The van der Waals surface area contributed by atoms with Gasteiger partial charge < -0.3 is 20.5 Å². The van der Waals surface area contributed by atoms with E-state index < -0.39 is 18.1 Å². The molecular weight excluding hydrogens is 176 g/mol. The Bertz CT molecular complexity index is 183. The number of aliphatic hydroxyl groups is 1. The molecule has 3 N–H and O–H groups in total. The lowest BCUT2D eigenvalue weighted by Crippen LogP contribution is -2.42. The molecule has 0 aromatic carbocycles. The Kier molecular flexibility index (Phi) is 5.62. The van der Waals surface area contributed by atoms with E-state index in [4.69, 9.17) is 5.11 Å². The number of nitrogens with one attached hydrogen (secondary N) is 2. The molecule has 0 saturated carbocycles.